The third kappa shape index (κ3) is 4.45. The Morgan fingerprint density at radius 1 is 1.06 bits per heavy atom. The SMILES string of the molecule is CC(C)(C)CN1CCC(Cc2ccccc2)CC1. The van der Waals surface area contributed by atoms with Gasteiger partial charge < -0.3 is 4.90 Å². The number of piperidine rings is 1. The van der Waals surface area contributed by atoms with Crippen LogP contribution >= 0.6 is 0 Å². The Morgan fingerprint density at radius 2 is 1.67 bits per heavy atom. The van der Waals surface area contributed by atoms with E-state index in [9.17, 15) is 0 Å². The Balaban J connectivity index is 1.77. The predicted molar refractivity (Wildman–Crippen MR) is 78.8 cm³/mol. The smallest absolute Gasteiger partial charge is 0.00300 e. The summed E-state index contributed by atoms with van der Waals surface area (Å²) in [4.78, 5) is 2.64. The van der Waals surface area contributed by atoms with Crippen molar-refractivity contribution in [3.05, 3.63) is 35.9 Å². The van der Waals surface area contributed by atoms with E-state index in [0.29, 0.717) is 5.41 Å². The number of benzene rings is 1. The molecule has 0 aliphatic carbocycles. The van der Waals surface area contributed by atoms with Gasteiger partial charge in [-0.3, -0.25) is 0 Å². The van der Waals surface area contributed by atoms with Gasteiger partial charge in [0, 0.05) is 6.54 Å². The summed E-state index contributed by atoms with van der Waals surface area (Å²) in [5, 5.41) is 0. The van der Waals surface area contributed by atoms with Gasteiger partial charge in [-0.25, -0.2) is 0 Å². The van der Waals surface area contributed by atoms with Gasteiger partial charge in [-0.15, -0.1) is 0 Å². The molecule has 2 rings (SSSR count). The zero-order chi connectivity index (χ0) is 13.0. The second-order valence-corrected chi connectivity index (χ2v) is 6.97. The summed E-state index contributed by atoms with van der Waals surface area (Å²) < 4.78 is 0. The largest absolute Gasteiger partial charge is 0.303 e. The predicted octanol–water partition coefficient (Wildman–Crippen LogP) is 3.99. The lowest BCUT2D eigenvalue weighted by Crippen LogP contribution is -2.39. The van der Waals surface area contributed by atoms with Crippen LogP contribution in [-0.2, 0) is 6.42 Å². The molecule has 0 saturated carbocycles. The summed E-state index contributed by atoms with van der Waals surface area (Å²) in [6.07, 6.45) is 4.00. The highest BCUT2D eigenvalue weighted by Crippen LogP contribution is 2.24. The van der Waals surface area contributed by atoms with Crippen molar-refractivity contribution in [2.75, 3.05) is 19.6 Å². The Morgan fingerprint density at radius 3 is 2.22 bits per heavy atom. The standard InChI is InChI=1S/C17H27N/c1-17(2,3)14-18-11-9-16(10-12-18)13-15-7-5-4-6-8-15/h4-8,16H,9-14H2,1-3H3. The average molecular weight is 245 g/mol. The van der Waals surface area contributed by atoms with E-state index < -0.39 is 0 Å². The summed E-state index contributed by atoms with van der Waals surface area (Å²) in [5.74, 6) is 0.892. The molecule has 0 radical (unpaired) electrons. The van der Waals surface area contributed by atoms with Crippen LogP contribution in [-0.4, -0.2) is 24.5 Å². The van der Waals surface area contributed by atoms with Crippen molar-refractivity contribution in [3.8, 4) is 0 Å². The number of hydrogen-bond donors (Lipinski definition) is 0. The van der Waals surface area contributed by atoms with Crippen molar-refractivity contribution in [3.63, 3.8) is 0 Å². The van der Waals surface area contributed by atoms with Gasteiger partial charge in [-0.1, -0.05) is 51.1 Å². The van der Waals surface area contributed by atoms with E-state index in [1.54, 1.807) is 0 Å². The van der Waals surface area contributed by atoms with Crippen LogP contribution < -0.4 is 0 Å². The summed E-state index contributed by atoms with van der Waals surface area (Å²) in [7, 11) is 0. The molecule has 0 bridgehead atoms. The van der Waals surface area contributed by atoms with E-state index in [0.717, 1.165) is 5.92 Å². The van der Waals surface area contributed by atoms with Crippen LogP contribution in [0.25, 0.3) is 0 Å². The van der Waals surface area contributed by atoms with Crippen LogP contribution in [0.5, 0.6) is 0 Å². The van der Waals surface area contributed by atoms with Crippen LogP contribution in [0.3, 0.4) is 0 Å². The van der Waals surface area contributed by atoms with Crippen LogP contribution in [0.4, 0.5) is 0 Å². The van der Waals surface area contributed by atoms with Crippen LogP contribution in [0.1, 0.15) is 39.2 Å². The highest BCUT2D eigenvalue weighted by Gasteiger charge is 2.22. The minimum atomic E-state index is 0.437. The van der Waals surface area contributed by atoms with Gasteiger partial charge in [-0.2, -0.15) is 0 Å². The molecule has 100 valence electrons. The maximum absolute atomic E-state index is 2.64. The molecule has 1 heterocycles. The first kappa shape index (κ1) is 13.6. The van der Waals surface area contributed by atoms with Crippen molar-refractivity contribution in [1.82, 2.24) is 4.90 Å². The van der Waals surface area contributed by atoms with Crippen LogP contribution in [0.15, 0.2) is 30.3 Å². The molecule has 1 saturated heterocycles. The molecule has 1 heteroatoms. The quantitative estimate of drug-likeness (QED) is 0.778. The lowest BCUT2D eigenvalue weighted by molar-refractivity contribution is 0.136. The van der Waals surface area contributed by atoms with Gasteiger partial charge >= 0.3 is 0 Å². The minimum Gasteiger partial charge on any atom is -0.303 e. The maximum atomic E-state index is 2.64. The molecule has 1 aliphatic rings. The molecule has 0 aromatic heterocycles. The first-order chi connectivity index (χ1) is 8.53. The number of rotatable bonds is 3. The Bertz CT molecular complexity index is 342. The topological polar surface area (TPSA) is 3.24 Å². The van der Waals surface area contributed by atoms with E-state index in [4.69, 9.17) is 0 Å². The average Bonchev–Trinajstić information content (AvgIpc) is 2.31. The van der Waals surface area contributed by atoms with Crippen LogP contribution in [0.2, 0.25) is 0 Å². The van der Waals surface area contributed by atoms with Crippen molar-refractivity contribution < 1.29 is 0 Å². The fourth-order valence-electron chi connectivity index (χ4n) is 2.97. The molecule has 1 aromatic rings. The molecule has 0 amide bonds. The molecular formula is C17H27N. The van der Waals surface area contributed by atoms with Gasteiger partial charge in [0.15, 0.2) is 0 Å². The van der Waals surface area contributed by atoms with Crippen molar-refractivity contribution in [2.24, 2.45) is 11.3 Å². The number of hydrogen-bond acceptors (Lipinski definition) is 1. The summed E-state index contributed by atoms with van der Waals surface area (Å²) >= 11 is 0. The van der Waals surface area contributed by atoms with E-state index in [-0.39, 0.29) is 0 Å². The van der Waals surface area contributed by atoms with E-state index in [1.807, 2.05) is 0 Å². The molecule has 0 N–H and O–H groups in total. The maximum Gasteiger partial charge on any atom is 0.00300 e. The number of likely N-dealkylation sites (tertiary alicyclic amines) is 1. The van der Waals surface area contributed by atoms with Crippen LogP contribution in [0, 0.1) is 11.3 Å². The highest BCUT2D eigenvalue weighted by atomic mass is 15.1. The minimum absolute atomic E-state index is 0.437. The Labute approximate surface area is 112 Å². The summed E-state index contributed by atoms with van der Waals surface area (Å²) in [6.45, 7) is 10.8. The van der Waals surface area contributed by atoms with Gasteiger partial charge in [0.1, 0.15) is 0 Å². The van der Waals surface area contributed by atoms with Gasteiger partial charge in [0.2, 0.25) is 0 Å². The fourth-order valence-corrected chi connectivity index (χ4v) is 2.97. The van der Waals surface area contributed by atoms with Crippen molar-refractivity contribution in [1.29, 1.82) is 0 Å². The highest BCUT2D eigenvalue weighted by molar-refractivity contribution is 5.15. The monoisotopic (exact) mass is 245 g/mol. The van der Waals surface area contributed by atoms with Gasteiger partial charge in [0.25, 0.3) is 0 Å². The third-order valence-electron chi connectivity index (χ3n) is 3.77. The van der Waals surface area contributed by atoms with E-state index >= 15 is 0 Å². The van der Waals surface area contributed by atoms with Gasteiger partial charge in [-0.05, 0) is 49.2 Å². The second-order valence-electron chi connectivity index (χ2n) is 6.97. The molecular weight excluding hydrogens is 218 g/mol. The molecule has 1 aliphatic heterocycles. The van der Waals surface area contributed by atoms with Gasteiger partial charge in [0.05, 0.1) is 0 Å². The zero-order valence-corrected chi connectivity index (χ0v) is 12.2. The molecule has 1 fully saturated rings. The normalized spacial score (nSPS) is 19.1. The molecule has 0 unspecified atom stereocenters. The van der Waals surface area contributed by atoms with E-state index in [2.05, 4.69) is 56.0 Å². The third-order valence-corrected chi connectivity index (χ3v) is 3.77. The summed E-state index contributed by atoms with van der Waals surface area (Å²) in [5.41, 5.74) is 1.94. The Hall–Kier alpha value is -0.820. The zero-order valence-electron chi connectivity index (χ0n) is 12.2. The second kappa shape index (κ2) is 5.88. The van der Waals surface area contributed by atoms with Crippen molar-refractivity contribution in [2.45, 2.75) is 40.0 Å². The van der Waals surface area contributed by atoms with Crippen molar-refractivity contribution >= 4 is 0 Å². The Kier molecular flexibility index (Phi) is 4.45. The molecule has 18 heavy (non-hydrogen) atoms. The molecule has 0 atom stereocenters. The number of nitrogens with zero attached hydrogens (tertiary/aromatic N) is 1. The molecule has 1 nitrogen and oxygen atoms in total. The first-order valence-corrected chi connectivity index (χ1v) is 7.29. The molecule has 1 aromatic carbocycles. The van der Waals surface area contributed by atoms with E-state index in [1.165, 1.54) is 44.5 Å². The fraction of sp³-hybridized carbons (Fsp3) is 0.647. The molecule has 0 spiro atoms. The summed E-state index contributed by atoms with van der Waals surface area (Å²) in [6, 6.07) is 11.0. The lowest BCUT2D eigenvalue weighted by atomic mass is 9.88. The first-order valence-electron chi connectivity index (χ1n) is 7.29. The lowest BCUT2D eigenvalue weighted by Gasteiger charge is -2.36.